The maximum absolute atomic E-state index is 11.9. The highest BCUT2D eigenvalue weighted by atomic mass is 16.6. The van der Waals surface area contributed by atoms with Crippen molar-refractivity contribution < 1.29 is 13.9 Å². The lowest BCUT2D eigenvalue weighted by molar-refractivity contribution is 0.00654. The zero-order chi connectivity index (χ0) is 14.2. The second-order valence-corrected chi connectivity index (χ2v) is 5.49. The van der Waals surface area contributed by atoms with Crippen LogP contribution in [0.1, 0.15) is 36.7 Å². The molecule has 0 aliphatic rings. The molecule has 1 aromatic heterocycles. The van der Waals surface area contributed by atoms with Gasteiger partial charge in [-0.1, -0.05) is 11.6 Å². The summed E-state index contributed by atoms with van der Waals surface area (Å²) in [5.74, 6) is -0.662. The number of hydrogen-bond donors (Lipinski definition) is 0. The molecule has 100 valence electrons. The minimum Gasteiger partial charge on any atom is -0.456 e. The van der Waals surface area contributed by atoms with Crippen LogP contribution in [0.15, 0.2) is 33.5 Å². The fourth-order valence-electron chi connectivity index (χ4n) is 1.72. The van der Waals surface area contributed by atoms with Crippen LogP contribution in [0.3, 0.4) is 0 Å². The van der Waals surface area contributed by atoms with Crippen molar-refractivity contribution in [3.63, 3.8) is 0 Å². The van der Waals surface area contributed by atoms with Crippen LogP contribution in [0.5, 0.6) is 0 Å². The average Bonchev–Trinajstić information content (AvgIpc) is 2.26. The van der Waals surface area contributed by atoms with Crippen molar-refractivity contribution in [1.29, 1.82) is 0 Å². The monoisotopic (exact) mass is 260 g/mol. The van der Waals surface area contributed by atoms with Gasteiger partial charge >= 0.3 is 11.6 Å². The molecule has 4 heteroatoms. The Kier molecular flexibility index (Phi) is 3.18. The molecule has 0 spiro atoms. The third-order valence-electron chi connectivity index (χ3n) is 2.51. The van der Waals surface area contributed by atoms with E-state index in [1.165, 1.54) is 6.07 Å². The molecule has 0 aliphatic heterocycles. The Morgan fingerprint density at radius 3 is 2.53 bits per heavy atom. The van der Waals surface area contributed by atoms with Crippen molar-refractivity contribution in [3.8, 4) is 0 Å². The van der Waals surface area contributed by atoms with Crippen LogP contribution in [0, 0.1) is 6.92 Å². The summed E-state index contributed by atoms with van der Waals surface area (Å²) in [5.41, 5.74) is 0.0865. The number of rotatable bonds is 1. The number of ether oxygens (including phenoxy) is 1. The Hall–Kier alpha value is -2.10. The van der Waals surface area contributed by atoms with Gasteiger partial charge in [0.05, 0.1) is 0 Å². The van der Waals surface area contributed by atoms with Gasteiger partial charge < -0.3 is 9.15 Å². The Balaban J connectivity index is 2.52. The average molecular weight is 260 g/mol. The summed E-state index contributed by atoms with van der Waals surface area (Å²) in [6.07, 6.45) is 0. The molecule has 4 nitrogen and oxygen atoms in total. The van der Waals surface area contributed by atoms with Gasteiger partial charge in [0.15, 0.2) is 0 Å². The molecule has 0 bridgehead atoms. The van der Waals surface area contributed by atoms with E-state index < -0.39 is 17.2 Å². The highest BCUT2D eigenvalue weighted by molar-refractivity contribution is 5.93. The first-order valence-electron chi connectivity index (χ1n) is 6.04. The Morgan fingerprint density at radius 1 is 1.21 bits per heavy atom. The highest BCUT2D eigenvalue weighted by Gasteiger charge is 2.21. The molecule has 0 saturated heterocycles. The van der Waals surface area contributed by atoms with Crippen molar-refractivity contribution in [2.45, 2.75) is 33.3 Å². The minimum absolute atomic E-state index is 0.0759. The van der Waals surface area contributed by atoms with Crippen LogP contribution in [-0.2, 0) is 4.74 Å². The number of esters is 1. The van der Waals surface area contributed by atoms with Crippen molar-refractivity contribution in [2.24, 2.45) is 0 Å². The van der Waals surface area contributed by atoms with Crippen LogP contribution in [-0.4, -0.2) is 11.6 Å². The summed E-state index contributed by atoms with van der Waals surface area (Å²) >= 11 is 0. The van der Waals surface area contributed by atoms with Gasteiger partial charge in [-0.05, 0) is 45.9 Å². The molecule has 0 fully saturated rings. The second-order valence-electron chi connectivity index (χ2n) is 5.49. The smallest absolute Gasteiger partial charge is 0.351 e. The number of carbonyl (C=O) groups is 1. The predicted molar refractivity (Wildman–Crippen MR) is 72.4 cm³/mol. The first-order valence-corrected chi connectivity index (χ1v) is 6.04. The van der Waals surface area contributed by atoms with Gasteiger partial charge in [-0.2, -0.15) is 0 Å². The molecule has 19 heavy (non-hydrogen) atoms. The topological polar surface area (TPSA) is 56.5 Å². The molecule has 0 unspecified atom stereocenters. The number of carbonyl (C=O) groups excluding carboxylic acids is 1. The Labute approximate surface area is 111 Å². The SMILES string of the molecule is Cc1ccc2oc(=O)c(C(=O)OC(C)(C)C)cc2c1. The normalized spacial score (nSPS) is 11.6. The third kappa shape index (κ3) is 3.02. The van der Waals surface area contributed by atoms with Crippen LogP contribution in [0.4, 0.5) is 0 Å². The Morgan fingerprint density at radius 2 is 1.89 bits per heavy atom. The molecule has 2 rings (SSSR count). The van der Waals surface area contributed by atoms with E-state index in [0.29, 0.717) is 11.0 Å². The summed E-state index contributed by atoms with van der Waals surface area (Å²) in [4.78, 5) is 23.7. The van der Waals surface area contributed by atoms with E-state index in [0.717, 1.165) is 5.56 Å². The van der Waals surface area contributed by atoms with Gasteiger partial charge in [-0.15, -0.1) is 0 Å². The van der Waals surface area contributed by atoms with E-state index in [9.17, 15) is 9.59 Å². The predicted octanol–water partition coefficient (Wildman–Crippen LogP) is 3.06. The summed E-state index contributed by atoms with van der Waals surface area (Å²) < 4.78 is 10.3. The summed E-state index contributed by atoms with van der Waals surface area (Å²) in [5, 5.41) is 0.709. The first kappa shape index (κ1) is 13.3. The number of benzene rings is 1. The van der Waals surface area contributed by atoms with Crippen molar-refractivity contribution in [2.75, 3.05) is 0 Å². The van der Waals surface area contributed by atoms with Gasteiger partial charge in [0.1, 0.15) is 16.7 Å². The van der Waals surface area contributed by atoms with Crippen LogP contribution in [0.25, 0.3) is 11.0 Å². The van der Waals surface area contributed by atoms with Crippen molar-refractivity contribution >= 4 is 16.9 Å². The Bertz CT molecular complexity index is 689. The molecule has 0 saturated carbocycles. The van der Waals surface area contributed by atoms with Gasteiger partial charge in [-0.3, -0.25) is 0 Å². The van der Waals surface area contributed by atoms with Crippen LogP contribution < -0.4 is 5.63 Å². The zero-order valence-electron chi connectivity index (χ0n) is 11.4. The molecule has 2 aromatic rings. The second kappa shape index (κ2) is 4.53. The maximum atomic E-state index is 11.9. The largest absolute Gasteiger partial charge is 0.456 e. The van der Waals surface area contributed by atoms with E-state index in [2.05, 4.69) is 0 Å². The van der Waals surface area contributed by atoms with E-state index >= 15 is 0 Å². The molecular weight excluding hydrogens is 244 g/mol. The van der Waals surface area contributed by atoms with Crippen molar-refractivity contribution in [3.05, 3.63) is 45.8 Å². The first-order chi connectivity index (χ1) is 8.76. The lowest BCUT2D eigenvalue weighted by atomic mass is 10.1. The molecule has 1 heterocycles. The van der Waals surface area contributed by atoms with Gasteiger partial charge in [-0.25, -0.2) is 9.59 Å². The summed E-state index contributed by atoms with van der Waals surface area (Å²) in [7, 11) is 0. The molecule has 1 aromatic carbocycles. The maximum Gasteiger partial charge on any atom is 0.351 e. The van der Waals surface area contributed by atoms with E-state index in [-0.39, 0.29) is 5.56 Å². The quantitative estimate of drug-likeness (QED) is 0.584. The lowest BCUT2D eigenvalue weighted by Gasteiger charge is -2.19. The lowest BCUT2D eigenvalue weighted by Crippen LogP contribution is -2.27. The number of hydrogen-bond acceptors (Lipinski definition) is 4. The van der Waals surface area contributed by atoms with Crippen LogP contribution >= 0.6 is 0 Å². The van der Waals surface area contributed by atoms with E-state index in [4.69, 9.17) is 9.15 Å². The standard InChI is InChI=1S/C15H16O4/c1-9-5-6-12-10(7-9)8-11(13(16)18-12)14(17)19-15(2,3)4/h5-8H,1-4H3. The number of aryl methyl sites for hydroxylation is 1. The minimum atomic E-state index is -0.675. The van der Waals surface area contributed by atoms with E-state index in [1.807, 2.05) is 19.1 Å². The fourth-order valence-corrected chi connectivity index (χ4v) is 1.72. The third-order valence-corrected chi connectivity index (χ3v) is 2.51. The fraction of sp³-hybridized carbons (Fsp3) is 0.333. The summed E-state index contributed by atoms with van der Waals surface area (Å²) in [6.45, 7) is 7.17. The van der Waals surface area contributed by atoms with Crippen LogP contribution in [0.2, 0.25) is 0 Å². The van der Waals surface area contributed by atoms with Gasteiger partial charge in [0.25, 0.3) is 0 Å². The molecule has 0 atom stereocenters. The molecule has 0 aliphatic carbocycles. The van der Waals surface area contributed by atoms with Crippen molar-refractivity contribution in [1.82, 2.24) is 0 Å². The molecular formula is C15H16O4. The highest BCUT2D eigenvalue weighted by Crippen LogP contribution is 2.17. The van der Waals surface area contributed by atoms with Gasteiger partial charge in [0.2, 0.25) is 0 Å². The van der Waals surface area contributed by atoms with E-state index in [1.54, 1.807) is 26.8 Å². The zero-order valence-corrected chi connectivity index (χ0v) is 11.4. The summed E-state index contributed by atoms with van der Waals surface area (Å²) in [6, 6.07) is 6.93. The van der Waals surface area contributed by atoms with Gasteiger partial charge in [0, 0.05) is 5.39 Å². The molecule has 0 radical (unpaired) electrons. The molecule has 0 N–H and O–H groups in total. The number of fused-ring (bicyclic) bond motifs is 1. The molecule has 0 amide bonds.